The van der Waals surface area contributed by atoms with Crippen molar-refractivity contribution in [3.05, 3.63) is 54.1 Å². The second-order valence-corrected chi connectivity index (χ2v) is 7.63. The quantitative estimate of drug-likeness (QED) is 0.504. The highest BCUT2D eigenvalue weighted by atomic mass is 16.2. The van der Waals surface area contributed by atoms with Crippen LogP contribution in [0.3, 0.4) is 0 Å². The maximum absolute atomic E-state index is 12.5. The SMILES string of the molecule is CCCCCCCNC(=O)N(C)c1cccc(-c2ccc(CCC(=O)NC)cc2)c1. The number of aryl methyl sites for hydroxylation is 1. The molecule has 2 N–H and O–H groups in total. The number of carbonyl (C=O) groups excluding carboxylic acids is 2. The molecule has 0 aliphatic carbocycles. The average molecular weight is 410 g/mol. The Hall–Kier alpha value is -2.82. The van der Waals surface area contributed by atoms with Gasteiger partial charge in [-0.05, 0) is 41.7 Å². The molecule has 0 aliphatic rings. The van der Waals surface area contributed by atoms with E-state index in [1.807, 2.05) is 24.3 Å². The van der Waals surface area contributed by atoms with Crippen molar-refractivity contribution in [1.29, 1.82) is 0 Å². The second kappa shape index (κ2) is 12.7. The largest absolute Gasteiger partial charge is 0.359 e. The number of rotatable bonds is 11. The zero-order chi connectivity index (χ0) is 21.8. The number of urea groups is 1. The number of unbranched alkanes of at least 4 members (excludes halogenated alkanes) is 4. The molecule has 5 heteroatoms. The lowest BCUT2D eigenvalue weighted by Crippen LogP contribution is -2.37. The summed E-state index contributed by atoms with van der Waals surface area (Å²) in [7, 11) is 3.46. The molecule has 2 aromatic rings. The van der Waals surface area contributed by atoms with Gasteiger partial charge in [0, 0.05) is 32.7 Å². The summed E-state index contributed by atoms with van der Waals surface area (Å²) in [6, 6.07) is 16.2. The standard InChI is InChI=1S/C25H35N3O2/c1-4-5-6-7-8-18-27-25(30)28(3)23-11-9-10-22(19-23)21-15-12-20(13-16-21)14-17-24(29)26-2/h9-13,15-16,19H,4-8,14,17-18H2,1-3H3,(H,26,29)(H,27,30). The van der Waals surface area contributed by atoms with E-state index in [1.54, 1.807) is 19.0 Å². The van der Waals surface area contributed by atoms with Gasteiger partial charge >= 0.3 is 6.03 Å². The summed E-state index contributed by atoms with van der Waals surface area (Å²) in [5.74, 6) is 0.0500. The Morgan fingerprint density at radius 1 is 0.933 bits per heavy atom. The molecule has 0 aromatic heterocycles. The van der Waals surface area contributed by atoms with Crippen molar-refractivity contribution in [3.63, 3.8) is 0 Å². The first-order chi connectivity index (χ1) is 14.5. The lowest BCUT2D eigenvalue weighted by Gasteiger charge is -2.19. The lowest BCUT2D eigenvalue weighted by atomic mass is 10.0. The second-order valence-electron chi connectivity index (χ2n) is 7.63. The highest BCUT2D eigenvalue weighted by Gasteiger charge is 2.11. The van der Waals surface area contributed by atoms with Gasteiger partial charge in [0.15, 0.2) is 0 Å². The number of hydrogen-bond acceptors (Lipinski definition) is 2. The molecule has 0 atom stereocenters. The molecule has 162 valence electrons. The fourth-order valence-electron chi connectivity index (χ4n) is 3.30. The van der Waals surface area contributed by atoms with E-state index >= 15 is 0 Å². The third kappa shape index (κ3) is 7.54. The van der Waals surface area contributed by atoms with Gasteiger partial charge in [-0.1, -0.05) is 69.0 Å². The van der Waals surface area contributed by atoms with Crippen LogP contribution >= 0.6 is 0 Å². The number of nitrogens with one attached hydrogen (secondary N) is 2. The number of nitrogens with zero attached hydrogens (tertiary/aromatic N) is 1. The van der Waals surface area contributed by atoms with Crippen LogP contribution in [-0.2, 0) is 11.2 Å². The van der Waals surface area contributed by atoms with E-state index in [0.717, 1.165) is 41.6 Å². The van der Waals surface area contributed by atoms with Gasteiger partial charge in [-0.2, -0.15) is 0 Å². The minimum absolute atomic E-state index is 0.0500. The average Bonchev–Trinajstić information content (AvgIpc) is 2.79. The molecule has 2 aromatic carbocycles. The Balaban J connectivity index is 1.93. The first kappa shape index (κ1) is 23.5. The summed E-state index contributed by atoms with van der Waals surface area (Å²) in [6.07, 6.45) is 7.11. The number of anilines is 1. The Morgan fingerprint density at radius 2 is 1.67 bits per heavy atom. The summed E-state index contributed by atoms with van der Waals surface area (Å²) < 4.78 is 0. The maximum atomic E-state index is 12.5. The molecule has 0 radical (unpaired) electrons. The molecule has 0 saturated carbocycles. The van der Waals surface area contributed by atoms with E-state index in [0.29, 0.717) is 13.0 Å². The smallest absolute Gasteiger partial charge is 0.321 e. The zero-order valence-electron chi connectivity index (χ0n) is 18.5. The normalized spacial score (nSPS) is 10.5. The molecule has 0 bridgehead atoms. The van der Waals surface area contributed by atoms with Crippen molar-refractivity contribution in [2.24, 2.45) is 0 Å². The van der Waals surface area contributed by atoms with Crippen molar-refractivity contribution >= 4 is 17.6 Å². The molecule has 0 aliphatic heterocycles. The Bertz CT molecular complexity index is 802. The topological polar surface area (TPSA) is 61.4 Å². The van der Waals surface area contributed by atoms with Crippen molar-refractivity contribution < 1.29 is 9.59 Å². The van der Waals surface area contributed by atoms with Crippen LogP contribution in [0.5, 0.6) is 0 Å². The molecule has 5 nitrogen and oxygen atoms in total. The van der Waals surface area contributed by atoms with Crippen LogP contribution < -0.4 is 15.5 Å². The number of hydrogen-bond donors (Lipinski definition) is 2. The van der Waals surface area contributed by atoms with Gasteiger partial charge in [-0.15, -0.1) is 0 Å². The Kier molecular flexibility index (Phi) is 9.92. The van der Waals surface area contributed by atoms with Crippen LogP contribution in [0.2, 0.25) is 0 Å². The van der Waals surface area contributed by atoms with E-state index < -0.39 is 0 Å². The van der Waals surface area contributed by atoms with E-state index in [1.165, 1.54) is 19.3 Å². The molecule has 0 spiro atoms. The van der Waals surface area contributed by atoms with Crippen LogP contribution in [-0.4, -0.2) is 32.6 Å². The highest BCUT2D eigenvalue weighted by molar-refractivity contribution is 5.92. The van der Waals surface area contributed by atoms with Gasteiger partial charge < -0.3 is 10.6 Å². The van der Waals surface area contributed by atoms with Crippen molar-refractivity contribution in [2.45, 2.75) is 51.9 Å². The monoisotopic (exact) mass is 409 g/mol. The summed E-state index contributed by atoms with van der Waals surface area (Å²) in [4.78, 5) is 25.5. The Morgan fingerprint density at radius 3 is 2.37 bits per heavy atom. The maximum Gasteiger partial charge on any atom is 0.321 e. The van der Waals surface area contributed by atoms with Gasteiger partial charge in [0.1, 0.15) is 0 Å². The first-order valence-electron chi connectivity index (χ1n) is 11.0. The summed E-state index contributed by atoms with van der Waals surface area (Å²) in [6.45, 7) is 2.91. The van der Waals surface area contributed by atoms with Gasteiger partial charge in [-0.3, -0.25) is 9.69 Å². The van der Waals surface area contributed by atoms with E-state index in [4.69, 9.17) is 0 Å². The molecule has 0 fully saturated rings. The van der Waals surface area contributed by atoms with Crippen molar-refractivity contribution in [3.8, 4) is 11.1 Å². The van der Waals surface area contributed by atoms with Crippen LogP contribution in [0.15, 0.2) is 48.5 Å². The number of amides is 3. The third-order valence-corrected chi connectivity index (χ3v) is 5.30. The molecule has 0 saturated heterocycles. The highest BCUT2D eigenvalue weighted by Crippen LogP contribution is 2.25. The fourth-order valence-corrected chi connectivity index (χ4v) is 3.30. The van der Waals surface area contributed by atoms with Gasteiger partial charge in [-0.25, -0.2) is 4.79 Å². The van der Waals surface area contributed by atoms with Crippen LogP contribution in [0.1, 0.15) is 51.0 Å². The molecular weight excluding hydrogens is 374 g/mol. The van der Waals surface area contributed by atoms with Crippen molar-refractivity contribution in [1.82, 2.24) is 10.6 Å². The Labute approximate surface area is 180 Å². The minimum atomic E-state index is -0.0767. The van der Waals surface area contributed by atoms with Crippen LogP contribution in [0.4, 0.5) is 10.5 Å². The van der Waals surface area contributed by atoms with Gasteiger partial charge in [0.05, 0.1) is 0 Å². The van der Waals surface area contributed by atoms with E-state index in [-0.39, 0.29) is 11.9 Å². The molecule has 30 heavy (non-hydrogen) atoms. The fraction of sp³-hybridized carbons (Fsp3) is 0.440. The summed E-state index contributed by atoms with van der Waals surface area (Å²) >= 11 is 0. The third-order valence-electron chi connectivity index (χ3n) is 5.30. The first-order valence-corrected chi connectivity index (χ1v) is 11.0. The lowest BCUT2D eigenvalue weighted by molar-refractivity contribution is -0.120. The molecule has 2 rings (SSSR count). The summed E-state index contributed by atoms with van der Waals surface area (Å²) in [5, 5.41) is 5.65. The van der Waals surface area contributed by atoms with Crippen molar-refractivity contribution in [2.75, 3.05) is 25.5 Å². The predicted molar refractivity (Wildman–Crippen MR) is 125 cm³/mol. The minimum Gasteiger partial charge on any atom is -0.359 e. The van der Waals surface area contributed by atoms with E-state index in [9.17, 15) is 9.59 Å². The van der Waals surface area contributed by atoms with Crippen LogP contribution in [0, 0.1) is 0 Å². The van der Waals surface area contributed by atoms with Gasteiger partial charge in [0.2, 0.25) is 5.91 Å². The van der Waals surface area contributed by atoms with Gasteiger partial charge in [0.25, 0.3) is 0 Å². The zero-order valence-corrected chi connectivity index (χ0v) is 18.5. The molecule has 0 heterocycles. The molecule has 0 unspecified atom stereocenters. The number of benzene rings is 2. The predicted octanol–water partition coefficient (Wildman–Crippen LogP) is 5.15. The van der Waals surface area contributed by atoms with E-state index in [2.05, 4.69) is 41.8 Å². The van der Waals surface area contributed by atoms with Crippen LogP contribution in [0.25, 0.3) is 11.1 Å². The molecular formula is C25H35N3O2. The number of carbonyl (C=O) groups is 2. The molecule has 3 amide bonds. The summed E-state index contributed by atoms with van der Waals surface area (Å²) in [5.41, 5.74) is 4.14.